The molecule has 2 heterocycles. The number of fused-ring (bicyclic) bond motifs is 1. The van der Waals surface area contributed by atoms with Crippen LogP contribution in [0.15, 0.2) is 54.4 Å². The van der Waals surface area contributed by atoms with Crippen molar-refractivity contribution in [3.8, 4) is 0 Å². The zero-order valence-corrected chi connectivity index (χ0v) is 12.9. The Morgan fingerprint density at radius 2 is 2.00 bits per heavy atom. The molecule has 1 aromatic carbocycles. The normalized spacial score (nSPS) is 15.4. The van der Waals surface area contributed by atoms with Crippen LogP contribution in [0.3, 0.4) is 0 Å². The summed E-state index contributed by atoms with van der Waals surface area (Å²) < 4.78 is 2.25. The molecule has 21 heavy (non-hydrogen) atoms. The van der Waals surface area contributed by atoms with Crippen LogP contribution < -0.4 is 9.47 Å². The second kappa shape index (κ2) is 5.57. The molecule has 2 aromatic rings. The minimum Gasteiger partial charge on any atom is -0.344 e. The molecule has 0 saturated heterocycles. The van der Waals surface area contributed by atoms with E-state index in [1.165, 1.54) is 28.2 Å². The largest absolute Gasteiger partial charge is 0.344 e. The average molecular weight is 277 g/mol. The standard InChI is InChI=1S/C19H21N2/c1-4-21-12-6-5-7-18(21)14-17-10-9-16-13-15(2)8-11-19(16)20(17)3/h5-14H,4H2,1-3H3/q+1. The highest BCUT2D eigenvalue weighted by molar-refractivity contribution is 5.79. The number of rotatable bonds is 2. The number of likely N-dealkylation sites (N-methyl/N-ethyl adjacent to an activating group) is 1. The summed E-state index contributed by atoms with van der Waals surface area (Å²) >= 11 is 0. The Morgan fingerprint density at radius 1 is 1.14 bits per heavy atom. The van der Waals surface area contributed by atoms with Gasteiger partial charge < -0.3 is 4.90 Å². The summed E-state index contributed by atoms with van der Waals surface area (Å²) in [5, 5.41) is 0. The summed E-state index contributed by atoms with van der Waals surface area (Å²) in [5.41, 5.74) is 6.27. The smallest absolute Gasteiger partial charge is 0.207 e. The van der Waals surface area contributed by atoms with Gasteiger partial charge in [0.15, 0.2) is 6.20 Å². The fraction of sp³-hybridized carbons (Fsp3) is 0.211. The summed E-state index contributed by atoms with van der Waals surface area (Å²) in [6, 6.07) is 12.9. The van der Waals surface area contributed by atoms with Crippen molar-refractivity contribution in [3.05, 3.63) is 71.2 Å². The summed E-state index contributed by atoms with van der Waals surface area (Å²) in [5.74, 6) is 0. The average Bonchev–Trinajstić information content (AvgIpc) is 2.50. The second-order valence-corrected chi connectivity index (χ2v) is 5.44. The number of benzene rings is 1. The molecule has 0 fully saturated rings. The van der Waals surface area contributed by atoms with Gasteiger partial charge >= 0.3 is 0 Å². The molecule has 1 aromatic heterocycles. The van der Waals surface area contributed by atoms with Gasteiger partial charge in [-0.25, -0.2) is 0 Å². The molecule has 0 aliphatic carbocycles. The monoisotopic (exact) mass is 277 g/mol. The van der Waals surface area contributed by atoms with Crippen molar-refractivity contribution < 1.29 is 4.57 Å². The van der Waals surface area contributed by atoms with Crippen molar-refractivity contribution in [2.24, 2.45) is 0 Å². The van der Waals surface area contributed by atoms with Crippen molar-refractivity contribution in [1.82, 2.24) is 0 Å². The first kappa shape index (κ1) is 13.6. The van der Waals surface area contributed by atoms with Gasteiger partial charge in [0, 0.05) is 36.6 Å². The topological polar surface area (TPSA) is 7.12 Å². The first-order valence-electron chi connectivity index (χ1n) is 7.41. The predicted octanol–water partition coefficient (Wildman–Crippen LogP) is 3.81. The first-order valence-corrected chi connectivity index (χ1v) is 7.41. The van der Waals surface area contributed by atoms with Crippen LogP contribution in [0.4, 0.5) is 5.69 Å². The van der Waals surface area contributed by atoms with Gasteiger partial charge in [-0.05, 0) is 43.7 Å². The van der Waals surface area contributed by atoms with Gasteiger partial charge in [0.05, 0.1) is 0 Å². The molecule has 1 aliphatic heterocycles. The Morgan fingerprint density at radius 3 is 2.81 bits per heavy atom. The Bertz CT molecular complexity index is 726. The fourth-order valence-electron chi connectivity index (χ4n) is 2.74. The lowest BCUT2D eigenvalue weighted by atomic mass is 10.0. The van der Waals surface area contributed by atoms with Crippen molar-refractivity contribution in [3.63, 3.8) is 0 Å². The summed E-state index contributed by atoms with van der Waals surface area (Å²) in [6.07, 6.45) is 8.75. The molecule has 3 rings (SSSR count). The van der Waals surface area contributed by atoms with Crippen molar-refractivity contribution in [2.45, 2.75) is 20.4 Å². The number of aromatic nitrogens is 1. The van der Waals surface area contributed by atoms with Gasteiger partial charge in [-0.3, -0.25) is 0 Å². The van der Waals surface area contributed by atoms with E-state index in [0.717, 1.165) is 6.54 Å². The Labute approximate surface area is 126 Å². The molecule has 0 atom stereocenters. The van der Waals surface area contributed by atoms with Crippen LogP contribution in [-0.4, -0.2) is 7.05 Å². The third kappa shape index (κ3) is 2.62. The maximum Gasteiger partial charge on any atom is 0.207 e. The SMILES string of the molecule is CC[n+]1ccccc1C=C1C=Cc2cc(C)ccc2N1C. The lowest BCUT2D eigenvalue weighted by Crippen LogP contribution is -2.35. The quantitative estimate of drug-likeness (QED) is 0.757. The van der Waals surface area contributed by atoms with Crippen LogP contribution in [0.1, 0.15) is 23.7 Å². The third-order valence-corrected chi connectivity index (χ3v) is 3.98. The van der Waals surface area contributed by atoms with Gasteiger partial charge in [-0.1, -0.05) is 17.7 Å². The molecule has 0 amide bonds. The van der Waals surface area contributed by atoms with Crippen LogP contribution >= 0.6 is 0 Å². The van der Waals surface area contributed by atoms with Gasteiger partial charge in [-0.15, -0.1) is 0 Å². The first-order chi connectivity index (χ1) is 10.2. The Hall–Kier alpha value is -2.35. The zero-order chi connectivity index (χ0) is 14.8. The van der Waals surface area contributed by atoms with E-state index in [9.17, 15) is 0 Å². The molecular weight excluding hydrogens is 256 g/mol. The van der Waals surface area contributed by atoms with E-state index >= 15 is 0 Å². The third-order valence-electron chi connectivity index (χ3n) is 3.98. The lowest BCUT2D eigenvalue weighted by Gasteiger charge is -2.26. The molecule has 2 heteroatoms. The van der Waals surface area contributed by atoms with Crippen molar-refractivity contribution >= 4 is 17.8 Å². The number of allylic oxidation sites excluding steroid dienone is 1. The summed E-state index contributed by atoms with van der Waals surface area (Å²) in [6.45, 7) is 5.28. The molecule has 106 valence electrons. The Kier molecular flexibility index (Phi) is 3.61. The van der Waals surface area contributed by atoms with E-state index in [4.69, 9.17) is 0 Å². The molecule has 2 nitrogen and oxygen atoms in total. The number of nitrogens with zero attached hydrogens (tertiary/aromatic N) is 2. The van der Waals surface area contributed by atoms with Gasteiger partial charge in [0.25, 0.3) is 0 Å². The van der Waals surface area contributed by atoms with Crippen LogP contribution in [0.2, 0.25) is 0 Å². The van der Waals surface area contributed by atoms with E-state index in [2.05, 4.69) is 91.2 Å². The van der Waals surface area contributed by atoms with E-state index in [1.54, 1.807) is 0 Å². The maximum atomic E-state index is 2.25. The molecule has 0 bridgehead atoms. The summed E-state index contributed by atoms with van der Waals surface area (Å²) in [7, 11) is 2.13. The highest BCUT2D eigenvalue weighted by atomic mass is 15.1. The molecule has 0 N–H and O–H groups in total. The number of pyridine rings is 1. The fourth-order valence-corrected chi connectivity index (χ4v) is 2.74. The Balaban J connectivity index is 2.02. The lowest BCUT2D eigenvalue weighted by molar-refractivity contribution is -0.695. The van der Waals surface area contributed by atoms with E-state index in [0.29, 0.717) is 0 Å². The number of aryl methyl sites for hydroxylation is 2. The van der Waals surface area contributed by atoms with Crippen LogP contribution in [-0.2, 0) is 6.54 Å². The number of hydrogen-bond donors (Lipinski definition) is 0. The second-order valence-electron chi connectivity index (χ2n) is 5.44. The minimum absolute atomic E-state index is 0.975. The maximum absolute atomic E-state index is 2.25. The van der Waals surface area contributed by atoms with E-state index in [1.807, 2.05) is 0 Å². The van der Waals surface area contributed by atoms with Gasteiger partial charge in [0.2, 0.25) is 5.69 Å². The minimum atomic E-state index is 0.975. The molecule has 0 saturated carbocycles. The van der Waals surface area contributed by atoms with Crippen LogP contribution in [0.5, 0.6) is 0 Å². The highest BCUT2D eigenvalue weighted by Crippen LogP contribution is 2.30. The van der Waals surface area contributed by atoms with E-state index < -0.39 is 0 Å². The van der Waals surface area contributed by atoms with Gasteiger partial charge in [-0.2, -0.15) is 4.57 Å². The number of hydrogen-bond acceptors (Lipinski definition) is 1. The molecule has 1 aliphatic rings. The van der Waals surface area contributed by atoms with Crippen LogP contribution in [0, 0.1) is 6.92 Å². The molecular formula is C19H21N2+. The van der Waals surface area contributed by atoms with Crippen molar-refractivity contribution in [2.75, 3.05) is 11.9 Å². The summed E-state index contributed by atoms with van der Waals surface area (Å²) in [4.78, 5) is 2.25. The van der Waals surface area contributed by atoms with Gasteiger partial charge in [0.1, 0.15) is 6.54 Å². The highest BCUT2D eigenvalue weighted by Gasteiger charge is 2.15. The predicted molar refractivity (Wildman–Crippen MR) is 88.9 cm³/mol. The van der Waals surface area contributed by atoms with Crippen molar-refractivity contribution in [1.29, 1.82) is 0 Å². The molecule has 0 spiro atoms. The zero-order valence-electron chi connectivity index (χ0n) is 12.9. The van der Waals surface area contributed by atoms with E-state index in [-0.39, 0.29) is 0 Å². The molecule has 0 radical (unpaired) electrons. The van der Waals surface area contributed by atoms with Crippen LogP contribution in [0.25, 0.3) is 12.2 Å². The molecule has 0 unspecified atom stereocenters. The number of anilines is 1.